The minimum Gasteiger partial charge on any atom is -0.342 e. The number of hydrogen-bond acceptors (Lipinski definition) is 4. The van der Waals surface area contributed by atoms with Gasteiger partial charge in [-0.15, -0.1) is 11.3 Å². The molecule has 1 aliphatic carbocycles. The number of rotatable bonds is 4. The highest BCUT2D eigenvalue weighted by molar-refractivity contribution is 7.10. The molecule has 2 heterocycles. The van der Waals surface area contributed by atoms with Crippen LogP contribution in [0, 0.1) is 6.92 Å². The Morgan fingerprint density at radius 3 is 2.61 bits per heavy atom. The lowest BCUT2D eigenvalue weighted by Crippen LogP contribution is -2.57. The van der Waals surface area contributed by atoms with Crippen molar-refractivity contribution in [1.82, 2.24) is 10.2 Å². The summed E-state index contributed by atoms with van der Waals surface area (Å²) in [5.74, 6) is -0.411. The average molecular weight is 440 g/mol. The van der Waals surface area contributed by atoms with Crippen LogP contribution >= 0.6 is 11.3 Å². The first-order chi connectivity index (χ1) is 14.9. The fraction of sp³-hybridized carbons (Fsp3) is 0.458. The molecule has 6 nitrogen and oxygen atoms in total. The highest BCUT2D eigenvalue weighted by Crippen LogP contribution is 2.31. The molecule has 3 amide bonds. The van der Waals surface area contributed by atoms with Gasteiger partial charge in [0.05, 0.1) is 0 Å². The summed E-state index contributed by atoms with van der Waals surface area (Å²) in [7, 11) is 0. The third-order valence-electron chi connectivity index (χ3n) is 6.46. The molecule has 0 unspecified atom stereocenters. The van der Waals surface area contributed by atoms with Crippen molar-refractivity contribution in [2.45, 2.75) is 64.5 Å². The standard InChI is InChI=1S/C24H29N3O3S/c1-16-19(22(29)27-13-9-21-18(15-27)10-14-31-21)7-6-8-20(16)25-23(30)24(26-17(2)28)11-4-3-5-12-24/h6-8,10,14H,3-5,9,11-13,15H2,1-2H3,(H,25,30)(H,26,28). The molecule has 2 aromatic rings. The van der Waals surface area contributed by atoms with E-state index < -0.39 is 5.54 Å². The van der Waals surface area contributed by atoms with Crippen LogP contribution in [0.4, 0.5) is 5.69 Å². The van der Waals surface area contributed by atoms with E-state index in [0.717, 1.165) is 31.2 Å². The first-order valence-corrected chi connectivity index (χ1v) is 11.8. The van der Waals surface area contributed by atoms with E-state index in [9.17, 15) is 14.4 Å². The second-order valence-electron chi connectivity index (χ2n) is 8.60. The molecule has 0 spiro atoms. The predicted octanol–water partition coefficient (Wildman–Crippen LogP) is 4.03. The van der Waals surface area contributed by atoms with Crippen molar-refractivity contribution in [2.24, 2.45) is 0 Å². The van der Waals surface area contributed by atoms with Gasteiger partial charge in [0.15, 0.2) is 0 Å². The number of thiophene rings is 1. The zero-order valence-corrected chi connectivity index (χ0v) is 18.9. The first kappa shape index (κ1) is 21.6. The topological polar surface area (TPSA) is 78.5 Å². The molecule has 164 valence electrons. The SMILES string of the molecule is CC(=O)NC1(C(=O)Nc2cccc(C(=O)N3CCc4sccc4C3)c2C)CCCCC1. The number of carbonyl (C=O) groups is 3. The van der Waals surface area contributed by atoms with Crippen molar-refractivity contribution in [1.29, 1.82) is 0 Å². The molecule has 4 rings (SSSR count). The number of nitrogens with one attached hydrogen (secondary N) is 2. The van der Waals surface area contributed by atoms with E-state index in [1.165, 1.54) is 17.4 Å². The quantitative estimate of drug-likeness (QED) is 0.755. The van der Waals surface area contributed by atoms with Gasteiger partial charge in [-0.3, -0.25) is 14.4 Å². The monoisotopic (exact) mass is 439 g/mol. The number of benzene rings is 1. The summed E-state index contributed by atoms with van der Waals surface area (Å²) in [5, 5.41) is 8.00. The van der Waals surface area contributed by atoms with Gasteiger partial charge in [-0.1, -0.05) is 25.3 Å². The Morgan fingerprint density at radius 1 is 1.10 bits per heavy atom. The van der Waals surface area contributed by atoms with Crippen molar-refractivity contribution in [2.75, 3.05) is 11.9 Å². The summed E-state index contributed by atoms with van der Waals surface area (Å²) < 4.78 is 0. The Bertz CT molecular complexity index is 1010. The third-order valence-corrected chi connectivity index (χ3v) is 7.49. The summed E-state index contributed by atoms with van der Waals surface area (Å²) in [4.78, 5) is 41.5. The van der Waals surface area contributed by atoms with E-state index in [-0.39, 0.29) is 17.7 Å². The van der Waals surface area contributed by atoms with Gasteiger partial charge in [0.1, 0.15) is 5.54 Å². The van der Waals surface area contributed by atoms with Gasteiger partial charge in [0.2, 0.25) is 11.8 Å². The fourth-order valence-corrected chi connectivity index (χ4v) is 5.63. The minimum absolute atomic E-state index is 0.0142. The molecule has 0 saturated heterocycles. The molecule has 7 heteroatoms. The fourth-order valence-electron chi connectivity index (χ4n) is 4.74. The van der Waals surface area contributed by atoms with Crippen molar-refractivity contribution in [3.05, 3.63) is 51.2 Å². The number of nitrogens with zero attached hydrogens (tertiary/aromatic N) is 1. The van der Waals surface area contributed by atoms with Gasteiger partial charge >= 0.3 is 0 Å². The molecule has 1 aromatic heterocycles. The van der Waals surface area contributed by atoms with Gasteiger partial charge < -0.3 is 15.5 Å². The molecule has 1 aliphatic heterocycles. The number of carbonyl (C=O) groups excluding carboxylic acids is 3. The van der Waals surface area contributed by atoms with E-state index in [1.807, 2.05) is 30.0 Å². The average Bonchev–Trinajstić information content (AvgIpc) is 3.23. The Hall–Kier alpha value is -2.67. The second kappa shape index (κ2) is 8.83. The summed E-state index contributed by atoms with van der Waals surface area (Å²) in [6.45, 7) is 4.65. The summed E-state index contributed by atoms with van der Waals surface area (Å²) in [5.41, 5.74) is 2.33. The lowest BCUT2D eigenvalue weighted by molar-refractivity contribution is -0.130. The Balaban J connectivity index is 1.54. The smallest absolute Gasteiger partial charge is 0.254 e. The summed E-state index contributed by atoms with van der Waals surface area (Å²) in [6, 6.07) is 7.54. The number of anilines is 1. The molecule has 0 radical (unpaired) electrons. The summed E-state index contributed by atoms with van der Waals surface area (Å²) >= 11 is 1.75. The van der Waals surface area contributed by atoms with Crippen LogP contribution < -0.4 is 10.6 Å². The number of fused-ring (bicyclic) bond motifs is 1. The maximum atomic E-state index is 13.3. The maximum Gasteiger partial charge on any atom is 0.254 e. The Kier molecular flexibility index (Phi) is 6.14. The zero-order valence-electron chi connectivity index (χ0n) is 18.1. The van der Waals surface area contributed by atoms with Crippen LogP contribution in [0.1, 0.15) is 65.4 Å². The van der Waals surface area contributed by atoms with E-state index in [2.05, 4.69) is 22.1 Å². The van der Waals surface area contributed by atoms with Crippen molar-refractivity contribution in [3.63, 3.8) is 0 Å². The van der Waals surface area contributed by atoms with Crippen LogP contribution in [0.25, 0.3) is 0 Å². The maximum absolute atomic E-state index is 13.3. The van der Waals surface area contributed by atoms with E-state index in [4.69, 9.17) is 0 Å². The van der Waals surface area contributed by atoms with Crippen molar-refractivity contribution < 1.29 is 14.4 Å². The lowest BCUT2D eigenvalue weighted by Gasteiger charge is -2.36. The normalized spacial score (nSPS) is 17.5. The van der Waals surface area contributed by atoms with Crippen LogP contribution in [0.15, 0.2) is 29.6 Å². The zero-order chi connectivity index (χ0) is 22.0. The molecule has 31 heavy (non-hydrogen) atoms. The summed E-state index contributed by atoms with van der Waals surface area (Å²) in [6.07, 6.45) is 5.03. The van der Waals surface area contributed by atoms with Crippen molar-refractivity contribution in [3.8, 4) is 0 Å². The van der Waals surface area contributed by atoms with Gasteiger partial charge in [0.25, 0.3) is 5.91 Å². The molecule has 2 N–H and O–H groups in total. The van der Waals surface area contributed by atoms with E-state index >= 15 is 0 Å². The van der Waals surface area contributed by atoms with Crippen LogP contribution in [0.5, 0.6) is 0 Å². The molecule has 2 aliphatic rings. The molecular formula is C24H29N3O3S. The molecule has 1 fully saturated rings. The highest BCUT2D eigenvalue weighted by atomic mass is 32.1. The molecule has 1 aromatic carbocycles. The van der Waals surface area contributed by atoms with Crippen molar-refractivity contribution >= 4 is 34.7 Å². The Labute approximate surface area is 187 Å². The number of hydrogen-bond donors (Lipinski definition) is 2. The van der Waals surface area contributed by atoms with Gasteiger partial charge in [-0.25, -0.2) is 0 Å². The van der Waals surface area contributed by atoms with Crippen LogP contribution in [0.3, 0.4) is 0 Å². The van der Waals surface area contributed by atoms with Gasteiger partial charge in [-0.05, 0) is 60.9 Å². The third kappa shape index (κ3) is 4.37. The second-order valence-corrected chi connectivity index (χ2v) is 9.60. The first-order valence-electron chi connectivity index (χ1n) is 10.9. The number of amides is 3. The van der Waals surface area contributed by atoms with Gasteiger partial charge in [-0.2, -0.15) is 0 Å². The van der Waals surface area contributed by atoms with Gasteiger partial charge in [0, 0.05) is 36.1 Å². The highest BCUT2D eigenvalue weighted by Gasteiger charge is 2.40. The minimum atomic E-state index is -0.876. The largest absolute Gasteiger partial charge is 0.342 e. The molecule has 0 bridgehead atoms. The van der Waals surface area contributed by atoms with Crippen LogP contribution in [-0.2, 0) is 22.6 Å². The van der Waals surface area contributed by atoms with Crippen LogP contribution in [-0.4, -0.2) is 34.7 Å². The predicted molar refractivity (Wildman–Crippen MR) is 122 cm³/mol. The molecular weight excluding hydrogens is 410 g/mol. The van der Waals surface area contributed by atoms with E-state index in [1.54, 1.807) is 11.3 Å². The lowest BCUT2D eigenvalue weighted by atomic mass is 9.80. The van der Waals surface area contributed by atoms with E-state index in [0.29, 0.717) is 37.2 Å². The Morgan fingerprint density at radius 2 is 1.87 bits per heavy atom. The molecule has 0 atom stereocenters. The van der Waals surface area contributed by atoms with Crippen LogP contribution in [0.2, 0.25) is 0 Å². The molecule has 1 saturated carbocycles.